The van der Waals surface area contributed by atoms with Crippen LogP contribution in [0.25, 0.3) is 0 Å². The molecular formula is C23H34N4O2S. The first-order chi connectivity index (χ1) is 14.4. The van der Waals surface area contributed by atoms with Crippen LogP contribution in [0.4, 0.5) is 5.82 Å². The van der Waals surface area contributed by atoms with E-state index in [-0.39, 0.29) is 5.91 Å². The van der Waals surface area contributed by atoms with Gasteiger partial charge in [0.15, 0.2) is 10.9 Å². The van der Waals surface area contributed by atoms with E-state index in [2.05, 4.69) is 31.9 Å². The Morgan fingerprint density at radius 1 is 1.20 bits per heavy atom. The molecule has 0 aromatic carbocycles. The molecule has 3 rings (SSSR count). The van der Waals surface area contributed by atoms with Crippen LogP contribution in [0.3, 0.4) is 0 Å². The predicted octanol–water partition coefficient (Wildman–Crippen LogP) is 5.35. The summed E-state index contributed by atoms with van der Waals surface area (Å²) in [5.74, 6) is 2.98. The summed E-state index contributed by atoms with van der Waals surface area (Å²) in [4.78, 5) is 25.8. The first-order valence-corrected chi connectivity index (χ1v) is 12.0. The standard InChI is InChI=1S/C23H34N4O2S/c1-6-26(4)22(28)20-13-12-18(29-20)15-30-23-24-19(16(2)3)14-21(25-23)27(5)17-10-8-7-9-11-17/h12-14,16-17H,6-11,15H2,1-5H3. The summed E-state index contributed by atoms with van der Waals surface area (Å²) >= 11 is 1.55. The number of nitrogens with zero attached hydrogens (tertiary/aromatic N) is 4. The maximum Gasteiger partial charge on any atom is 0.289 e. The number of aromatic nitrogens is 2. The lowest BCUT2D eigenvalue weighted by atomic mass is 9.94. The molecule has 30 heavy (non-hydrogen) atoms. The van der Waals surface area contributed by atoms with Crippen molar-refractivity contribution in [3.05, 3.63) is 35.4 Å². The van der Waals surface area contributed by atoms with Crippen molar-refractivity contribution in [2.45, 2.75) is 75.7 Å². The highest BCUT2D eigenvalue weighted by molar-refractivity contribution is 7.98. The normalized spacial score (nSPS) is 14.9. The van der Waals surface area contributed by atoms with Crippen molar-refractivity contribution in [2.24, 2.45) is 0 Å². The fourth-order valence-electron chi connectivity index (χ4n) is 3.66. The molecule has 1 amide bonds. The van der Waals surface area contributed by atoms with E-state index in [9.17, 15) is 4.79 Å². The van der Waals surface area contributed by atoms with Crippen LogP contribution in [0.1, 0.15) is 80.8 Å². The molecule has 0 unspecified atom stereocenters. The molecule has 0 radical (unpaired) electrons. The number of carbonyl (C=O) groups excluding carboxylic acids is 1. The van der Waals surface area contributed by atoms with E-state index in [4.69, 9.17) is 14.4 Å². The topological polar surface area (TPSA) is 62.5 Å². The molecule has 1 fully saturated rings. The van der Waals surface area contributed by atoms with E-state index in [1.807, 2.05) is 13.0 Å². The maximum atomic E-state index is 12.2. The summed E-state index contributed by atoms with van der Waals surface area (Å²) in [7, 11) is 3.93. The average molecular weight is 431 g/mol. The molecule has 164 valence electrons. The van der Waals surface area contributed by atoms with Crippen LogP contribution in [0.5, 0.6) is 0 Å². The van der Waals surface area contributed by atoms with Crippen LogP contribution in [0.2, 0.25) is 0 Å². The van der Waals surface area contributed by atoms with Crippen molar-refractivity contribution in [1.82, 2.24) is 14.9 Å². The third-order valence-corrected chi connectivity index (χ3v) is 6.69. The molecule has 0 atom stereocenters. The van der Waals surface area contributed by atoms with Crippen LogP contribution >= 0.6 is 11.8 Å². The Kier molecular flexibility index (Phi) is 7.81. The molecule has 2 aromatic heterocycles. The van der Waals surface area contributed by atoms with Crippen LogP contribution in [-0.2, 0) is 5.75 Å². The quantitative estimate of drug-likeness (QED) is 0.416. The van der Waals surface area contributed by atoms with E-state index in [1.165, 1.54) is 32.1 Å². The van der Waals surface area contributed by atoms with Crippen LogP contribution in [0.15, 0.2) is 27.8 Å². The van der Waals surface area contributed by atoms with Gasteiger partial charge in [0, 0.05) is 38.4 Å². The lowest BCUT2D eigenvalue weighted by Crippen LogP contribution is -2.34. The molecular weight excluding hydrogens is 396 g/mol. The molecule has 0 N–H and O–H groups in total. The van der Waals surface area contributed by atoms with Crippen LogP contribution < -0.4 is 4.90 Å². The minimum atomic E-state index is -0.0943. The molecule has 7 heteroatoms. The largest absolute Gasteiger partial charge is 0.455 e. The van der Waals surface area contributed by atoms with Crippen molar-refractivity contribution in [1.29, 1.82) is 0 Å². The van der Waals surface area contributed by atoms with Gasteiger partial charge in [-0.1, -0.05) is 44.9 Å². The number of rotatable bonds is 8. The molecule has 0 spiro atoms. The average Bonchev–Trinajstić information content (AvgIpc) is 3.25. The summed E-state index contributed by atoms with van der Waals surface area (Å²) in [6.45, 7) is 6.92. The number of anilines is 1. The fraction of sp³-hybridized carbons (Fsp3) is 0.609. The van der Waals surface area contributed by atoms with E-state index in [0.717, 1.165) is 22.4 Å². The van der Waals surface area contributed by atoms with E-state index >= 15 is 0 Å². The SMILES string of the molecule is CCN(C)C(=O)c1ccc(CSc2nc(C(C)C)cc(N(C)C3CCCCC3)n2)o1. The van der Waals surface area contributed by atoms with Gasteiger partial charge in [0.2, 0.25) is 0 Å². The Bertz CT molecular complexity index is 845. The molecule has 6 nitrogen and oxygen atoms in total. The molecule has 0 aliphatic heterocycles. The molecule has 1 aliphatic carbocycles. The maximum absolute atomic E-state index is 12.2. The highest BCUT2D eigenvalue weighted by Crippen LogP contribution is 2.29. The Labute approximate surface area is 184 Å². The number of hydrogen-bond donors (Lipinski definition) is 0. The van der Waals surface area contributed by atoms with E-state index < -0.39 is 0 Å². The minimum Gasteiger partial charge on any atom is -0.455 e. The monoisotopic (exact) mass is 430 g/mol. The van der Waals surface area contributed by atoms with Gasteiger partial charge in [-0.25, -0.2) is 9.97 Å². The highest BCUT2D eigenvalue weighted by atomic mass is 32.2. The predicted molar refractivity (Wildman–Crippen MR) is 122 cm³/mol. The van der Waals surface area contributed by atoms with Gasteiger partial charge in [-0.15, -0.1) is 0 Å². The summed E-state index contributed by atoms with van der Waals surface area (Å²) < 4.78 is 5.76. The zero-order valence-corrected chi connectivity index (χ0v) is 19.7. The Morgan fingerprint density at radius 2 is 1.93 bits per heavy atom. The van der Waals surface area contributed by atoms with Crippen molar-refractivity contribution in [3.63, 3.8) is 0 Å². The van der Waals surface area contributed by atoms with Gasteiger partial charge in [0.1, 0.15) is 11.6 Å². The smallest absolute Gasteiger partial charge is 0.289 e. The number of carbonyl (C=O) groups is 1. The second-order valence-electron chi connectivity index (χ2n) is 8.36. The summed E-state index contributed by atoms with van der Waals surface area (Å²) in [6, 6.07) is 6.30. The Hall–Kier alpha value is -2.02. The molecule has 1 aliphatic rings. The van der Waals surface area contributed by atoms with Crippen molar-refractivity contribution < 1.29 is 9.21 Å². The van der Waals surface area contributed by atoms with Gasteiger partial charge in [-0.2, -0.15) is 0 Å². The number of amides is 1. The first-order valence-electron chi connectivity index (χ1n) is 11.0. The summed E-state index contributed by atoms with van der Waals surface area (Å²) in [6.07, 6.45) is 6.40. The second-order valence-corrected chi connectivity index (χ2v) is 9.31. The summed E-state index contributed by atoms with van der Waals surface area (Å²) in [5.41, 5.74) is 1.06. The van der Waals surface area contributed by atoms with Crippen molar-refractivity contribution >= 4 is 23.5 Å². The molecule has 2 heterocycles. The zero-order valence-electron chi connectivity index (χ0n) is 18.9. The van der Waals surface area contributed by atoms with Gasteiger partial charge in [-0.05, 0) is 37.8 Å². The Morgan fingerprint density at radius 3 is 2.60 bits per heavy atom. The van der Waals surface area contributed by atoms with Crippen LogP contribution in [0, 0.1) is 0 Å². The van der Waals surface area contributed by atoms with E-state index in [1.54, 1.807) is 29.8 Å². The number of furan rings is 1. The lowest BCUT2D eigenvalue weighted by molar-refractivity contribution is 0.0769. The van der Waals surface area contributed by atoms with Crippen molar-refractivity contribution in [2.75, 3.05) is 25.5 Å². The third-order valence-electron chi connectivity index (χ3n) is 5.82. The lowest BCUT2D eigenvalue weighted by Gasteiger charge is -2.32. The van der Waals surface area contributed by atoms with Gasteiger partial charge in [-0.3, -0.25) is 4.79 Å². The fourth-order valence-corrected chi connectivity index (χ4v) is 4.42. The van der Waals surface area contributed by atoms with E-state index in [0.29, 0.717) is 30.0 Å². The number of thioether (sulfide) groups is 1. The molecule has 0 saturated heterocycles. The van der Waals surface area contributed by atoms with Crippen molar-refractivity contribution in [3.8, 4) is 0 Å². The number of hydrogen-bond acceptors (Lipinski definition) is 6. The van der Waals surface area contributed by atoms with Gasteiger partial charge in [0.25, 0.3) is 5.91 Å². The van der Waals surface area contributed by atoms with Gasteiger partial charge >= 0.3 is 0 Å². The molecule has 0 bridgehead atoms. The zero-order chi connectivity index (χ0) is 21.7. The molecule has 2 aromatic rings. The van der Waals surface area contributed by atoms with Gasteiger partial charge in [0.05, 0.1) is 5.75 Å². The minimum absolute atomic E-state index is 0.0943. The van der Waals surface area contributed by atoms with Gasteiger partial charge < -0.3 is 14.2 Å². The second kappa shape index (κ2) is 10.3. The first kappa shape index (κ1) is 22.7. The Balaban J connectivity index is 1.73. The summed E-state index contributed by atoms with van der Waals surface area (Å²) in [5, 5.41) is 0.758. The highest BCUT2D eigenvalue weighted by Gasteiger charge is 2.21. The molecule has 1 saturated carbocycles. The third kappa shape index (κ3) is 5.56. The van der Waals surface area contributed by atoms with Crippen LogP contribution in [-0.4, -0.2) is 47.5 Å².